The van der Waals surface area contributed by atoms with Crippen LogP contribution < -0.4 is 5.32 Å². The predicted octanol–water partition coefficient (Wildman–Crippen LogP) is 1.46. The van der Waals surface area contributed by atoms with Crippen molar-refractivity contribution in [3.05, 3.63) is 24.2 Å². The fourth-order valence-corrected chi connectivity index (χ4v) is 2.33. The van der Waals surface area contributed by atoms with Crippen molar-refractivity contribution in [2.45, 2.75) is 38.4 Å². The highest BCUT2D eigenvalue weighted by Gasteiger charge is 2.30. The maximum atomic E-state index is 11.7. The first-order chi connectivity index (χ1) is 9.27. The van der Waals surface area contributed by atoms with Crippen LogP contribution in [0, 0.1) is 5.92 Å². The Kier molecular flexibility index (Phi) is 5.42. The van der Waals surface area contributed by atoms with E-state index in [1.54, 1.807) is 6.26 Å². The average Bonchev–Trinajstić information content (AvgIpc) is 3.04. The molecule has 1 aliphatic carbocycles. The molecular weight excluding hydrogens is 246 g/mol. The second-order valence-electron chi connectivity index (χ2n) is 4.88. The van der Waals surface area contributed by atoms with Crippen LogP contribution in [0.1, 0.15) is 31.4 Å². The summed E-state index contributed by atoms with van der Waals surface area (Å²) in [6.45, 7) is 1.62. The molecule has 5 heteroatoms. The van der Waals surface area contributed by atoms with E-state index in [2.05, 4.69) is 5.32 Å². The lowest BCUT2D eigenvalue weighted by atomic mass is 10.1. The minimum absolute atomic E-state index is 0.0314. The normalized spacial score (nSPS) is 22.6. The van der Waals surface area contributed by atoms with Gasteiger partial charge in [0.05, 0.1) is 18.3 Å². The molecule has 1 aromatic rings. The maximum absolute atomic E-state index is 11.7. The molecule has 2 rings (SSSR count). The van der Waals surface area contributed by atoms with Gasteiger partial charge in [0.25, 0.3) is 0 Å². The van der Waals surface area contributed by atoms with Gasteiger partial charge in [-0.05, 0) is 37.8 Å². The van der Waals surface area contributed by atoms with Crippen LogP contribution in [0.3, 0.4) is 0 Å². The van der Waals surface area contributed by atoms with Gasteiger partial charge in [-0.1, -0.05) is 0 Å². The highest BCUT2D eigenvalue weighted by molar-refractivity contribution is 5.79. The number of carbonyl (C=O) groups excluding carboxylic acids is 1. The van der Waals surface area contributed by atoms with Crippen molar-refractivity contribution >= 4 is 5.91 Å². The van der Waals surface area contributed by atoms with Crippen molar-refractivity contribution in [2.75, 3.05) is 13.2 Å². The standard InChI is InChI=1S/C14H21NO4/c16-13-6-1-5-12(13)14(17)15-7-3-8-18-10-11-4-2-9-19-11/h2,4,9,12-13,16H,1,3,5-8,10H2,(H,15,17). The molecule has 0 aliphatic heterocycles. The van der Waals surface area contributed by atoms with Crippen LogP contribution in [0.2, 0.25) is 0 Å². The highest BCUT2D eigenvalue weighted by Crippen LogP contribution is 2.25. The Morgan fingerprint density at radius 1 is 1.53 bits per heavy atom. The number of carbonyl (C=O) groups is 1. The molecule has 0 aromatic carbocycles. The van der Waals surface area contributed by atoms with E-state index in [4.69, 9.17) is 9.15 Å². The molecule has 2 N–H and O–H groups in total. The summed E-state index contributed by atoms with van der Waals surface area (Å²) in [6.07, 6.45) is 4.38. The zero-order valence-electron chi connectivity index (χ0n) is 11.0. The van der Waals surface area contributed by atoms with E-state index in [0.29, 0.717) is 19.8 Å². The molecule has 1 heterocycles. The molecule has 1 amide bonds. The fourth-order valence-electron chi connectivity index (χ4n) is 2.33. The van der Waals surface area contributed by atoms with Gasteiger partial charge in [0.1, 0.15) is 12.4 Å². The third-order valence-corrected chi connectivity index (χ3v) is 3.41. The number of aliphatic hydroxyl groups is 1. The van der Waals surface area contributed by atoms with Gasteiger partial charge >= 0.3 is 0 Å². The van der Waals surface area contributed by atoms with Crippen molar-refractivity contribution < 1.29 is 19.1 Å². The van der Waals surface area contributed by atoms with Crippen LogP contribution >= 0.6 is 0 Å². The Hall–Kier alpha value is -1.33. The molecule has 1 saturated carbocycles. The van der Waals surface area contributed by atoms with Gasteiger partial charge in [-0.3, -0.25) is 4.79 Å². The van der Waals surface area contributed by atoms with E-state index >= 15 is 0 Å². The second-order valence-corrected chi connectivity index (χ2v) is 4.88. The topological polar surface area (TPSA) is 71.7 Å². The molecule has 1 aromatic heterocycles. The highest BCUT2D eigenvalue weighted by atomic mass is 16.5. The number of hydrogen-bond acceptors (Lipinski definition) is 4. The largest absolute Gasteiger partial charge is 0.467 e. The first-order valence-corrected chi connectivity index (χ1v) is 6.83. The molecule has 5 nitrogen and oxygen atoms in total. The first-order valence-electron chi connectivity index (χ1n) is 6.83. The summed E-state index contributed by atoms with van der Waals surface area (Å²) >= 11 is 0. The molecule has 0 spiro atoms. The van der Waals surface area contributed by atoms with Gasteiger partial charge in [-0.2, -0.15) is 0 Å². The number of ether oxygens (including phenoxy) is 1. The third kappa shape index (κ3) is 4.36. The smallest absolute Gasteiger partial charge is 0.225 e. The van der Waals surface area contributed by atoms with E-state index in [9.17, 15) is 9.90 Å². The Bertz CT molecular complexity index is 377. The molecule has 2 unspecified atom stereocenters. The molecular formula is C14H21NO4. The third-order valence-electron chi connectivity index (χ3n) is 3.41. The molecule has 0 saturated heterocycles. The van der Waals surface area contributed by atoms with Crippen LogP contribution in [0.15, 0.2) is 22.8 Å². The lowest BCUT2D eigenvalue weighted by Crippen LogP contribution is -2.35. The lowest BCUT2D eigenvalue weighted by Gasteiger charge is -2.14. The quantitative estimate of drug-likeness (QED) is 0.734. The number of aliphatic hydroxyl groups excluding tert-OH is 1. The Morgan fingerprint density at radius 2 is 2.42 bits per heavy atom. The minimum atomic E-state index is -0.463. The summed E-state index contributed by atoms with van der Waals surface area (Å²) in [6, 6.07) is 3.69. The number of hydrogen-bond donors (Lipinski definition) is 2. The van der Waals surface area contributed by atoms with Crippen molar-refractivity contribution in [3.63, 3.8) is 0 Å². The fraction of sp³-hybridized carbons (Fsp3) is 0.643. The number of rotatable bonds is 7. The van der Waals surface area contributed by atoms with Crippen molar-refractivity contribution in [2.24, 2.45) is 5.92 Å². The molecule has 0 bridgehead atoms. The average molecular weight is 267 g/mol. The number of nitrogens with one attached hydrogen (secondary N) is 1. The first kappa shape index (κ1) is 14.1. The van der Waals surface area contributed by atoms with Gasteiger partial charge < -0.3 is 19.6 Å². The van der Waals surface area contributed by atoms with Crippen LogP contribution in [0.4, 0.5) is 0 Å². The summed E-state index contributed by atoms with van der Waals surface area (Å²) in [4.78, 5) is 11.7. The predicted molar refractivity (Wildman–Crippen MR) is 69.3 cm³/mol. The van der Waals surface area contributed by atoms with Gasteiger partial charge in [0, 0.05) is 13.2 Å². The Labute approximate surface area is 112 Å². The Morgan fingerprint density at radius 3 is 3.11 bits per heavy atom. The van der Waals surface area contributed by atoms with E-state index in [1.807, 2.05) is 12.1 Å². The number of furan rings is 1. The van der Waals surface area contributed by atoms with E-state index in [0.717, 1.165) is 31.4 Å². The van der Waals surface area contributed by atoms with E-state index in [-0.39, 0.29) is 11.8 Å². The van der Waals surface area contributed by atoms with Gasteiger partial charge in [-0.25, -0.2) is 0 Å². The van der Waals surface area contributed by atoms with Crippen molar-refractivity contribution in [3.8, 4) is 0 Å². The second kappa shape index (κ2) is 7.31. The molecule has 2 atom stereocenters. The summed E-state index contributed by atoms with van der Waals surface area (Å²) in [5.41, 5.74) is 0. The minimum Gasteiger partial charge on any atom is -0.467 e. The summed E-state index contributed by atoms with van der Waals surface area (Å²) in [7, 11) is 0. The van der Waals surface area contributed by atoms with Crippen LogP contribution in [-0.2, 0) is 16.1 Å². The lowest BCUT2D eigenvalue weighted by molar-refractivity contribution is -0.127. The van der Waals surface area contributed by atoms with Crippen molar-refractivity contribution in [1.82, 2.24) is 5.32 Å². The van der Waals surface area contributed by atoms with Crippen molar-refractivity contribution in [1.29, 1.82) is 0 Å². The van der Waals surface area contributed by atoms with Gasteiger partial charge in [0.2, 0.25) is 5.91 Å². The summed E-state index contributed by atoms with van der Waals surface area (Å²) in [5.74, 6) is 0.554. The molecule has 0 radical (unpaired) electrons. The molecule has 106 valence electrons. The van der Waals surface area contributed by atoms with Crippen LogP contribution in [0.25, 0.3) is 0 Å². The Balaban J connectivity index is 1.51. The SMILES string of the molecule is O=C(NCCCOCc1ccco1)C1CCCC1O. The van der Waals surface area contributed by atoms with E-state index < -0.39 is 6.10 Å². The summed E-state index contributed by atoms with van der Waals surface area (Å²) in [5, 5.41) is 12.5. The zero-order valence-corrected chi connectivity index (χ0v) is 11.0. The van der Waals surface area contributed by atoms with Gasteiger partial charge in [0.15, 0.2) is 0 Å². The molecule has 19 heavy (non-hydrogen) atoms. The van der Waals surface area contributed by atoms with Gasteiger partial charge in [-0.15, -0.1) is 0 Å². The molecule has 1 fully saturated rings. The van der Waals surface area contributed by atoms with E-state index in [1.165, 1.54) is 0 Å². The molecule has 1 aliphatic rings. The van der Waals surface area contributed by atoms with Crippen LogP contribution in [0.5, 0.6) is 0 Å². The van der Waals surface area contributed by atoms with Crippen LogP contribution in [-0.4, -0.2) is 30.3 Å². The zero-order chi connectivity index (χ0) is 13.5. The monoisotopic (exact) mass is 267 g/mol. The number of amides is 1. The maximum Gasteiger partial charge on any atom is 0.225 e. The summed E-state index contributed by atoms with van der Waals surface area (Å²) < 4.78 is 10.5.